The Labute approximate surface area is 124 Å². The lowest BCUT2D eigenvalue weighted by Crippen LogP contribution is -2.27. The number of hydrogen-bond donors (Lipinski definition) is 2. The number of ether oxygens (including phenoxy) is 2. The van der Waals surface area contributed by atoms with E-state index in [2.05, 4.69) is 5.32 Å². The van der Waals surface area contributed by atoms with Crippen molar-refractivity contribution in [2.75, 3.05) is 18.5 Å². The van der Waals surface area contributed by atoms with Gasteiger partial charge in [0.25, 0.3) is 0 Å². The first-order chi connectivity index (χ1) is 9.31. The largest absolute Gasteiger partial charge is 0.492 e. The smallest absolute Gasteiger partial charge is 0.412 e. The van der Waals surface area contributed by atoms with Crippen LogP contribution in [0, 0.1) is 0 Å². The van der Waals surface area contributed by atoms with E-state index in [0.717, 1.165) is 6.42 Å². The predicted molar refractivity (Wildman–Crippen MR) is 80.5 cm³/mol. The van der Waals surface area contributed by atoms with Crippen molar-refractivity contribution in [3.8, 4) is 5.75 Å². The molecule has 0 saturated heterocycles. The second-order valence-corrected chi connectivity index (χ2v) is 5.67. The van der Waals surface area contributed by atoms with Crippen molar-refractivity contribution >= 4 is 23.4 Å². The number of nitrogens with one attached hydrogen (secondary N) is 1. The molecule has 0 aliphatic rings. The van der Waals surface area contributed by atoms with Gasteiger partial charge < -0.3 is 15.2 Å². The first kappa shape index (κ1) is 16.6. The van der Waals surface area contributed by atoms with Crippen LogP contribution in [0.3, 0.4) is 0 Å². The molecule has 0 aliphatic carbocycles. The highest BCUT2D eigenvalue weighted by Crippen LogP contribution is 2.28. The van der Waals surface area contributed by atoms with E-state index in [4.69, 9.17) is 26.8 Å². The number of halogens is 1. The van der Waals surface area contributed by atoms with Crippen molar-refractivity contribution in [2.24, 2.45) is 5.73 Å². The fraction of sp³-hybridized carbons (Fsp3) is 0.500. The molecule has 1 aromatic carbocycles. The number of anilines is 1. The van der Waals surface area contributed by atoms with Crippen LogP contribution in [0.2, 0.25) is 5.02 Å². The third kappa shape index (κ3) is 6.12. The second-order valence-electron chi connectivity index (χ2n) is 5.26. The van der Waals surface area contributed by atoms with Crippen molar-refractivity contribution in [1.29, 1.82) is 0 Å². The molecular weight excluding hydrogens is 280 g/mol. The first-order valence-electron chi connectivity index (χ1n) is 6.44. The molecule has 0 heterocycles. The van der Waals surface area contributed by atoms with Crippen LogP contribution >= 0.6 is 11.6 Å². The summed E-state index contributed by atoms with van der Waals surface area (Å²) in [5.74, 6) is 0.508. The Morgan fingerprint density at radius 1 is 1.40 bits per heavy atom. The summed E-state index contributed by atoms with van der Waals surface area (Å²) in [6, 6.07) is 5.00. The normalized spacial score (nSPS) is 11.1. The van der Waals surface area contributed by atoms with E-state index in [-0.39, 0.29) is 0 Å². The molecule has 1 amide bonds. The molecule has 0 unspecified atom stereocenters. The Balaban J connectivity index is 2.67. The van der Waals surface area contributed by atoms with Crippen molar-refractivity contribution < 1.29 is 14.3 Å². The molecule has 0 fully saturated rings. The second kappa shape index (κ2) is 7.36. The molecule has 20 heavy (non-hydrogen) atoms. The average molecular weight is 301 g/mol. The first-order valence-corrected chi connectivity index (χ1v) is 6.82. The van der Waals surface area contributed by atoms with E-state index in [1.54, 1.807) is 39.0 Å². The molecular formula is C14H21ClN2O3. The lowest BCUT2D eigenvalue weighted by Gasteiger charge is -2.20. The number of benzene rings is 1. The summed E-state index contributed by atoms with van der Waals surface area (Å²) < 4.78 is 10.7. The monoisotopic (exact) mass is 300 g/mol. The Morgan fingerprint density at radius 3 is 2.70 bits per heavy atom. The number of carbonyl (C=O) groups is 1. The molecule has 1 aromatic rings. The molecule has 112 valence electrons. The predicted octanol–water partition coefficient (Wildman–Crippen LogP) is 3.41. The highest BCUT2D eigenvalue weighted by Gasteiger charge is 2.16. The van der Waals surface area contributed by atoms with Gasteiger partial charge in [-0.1, -0.05) is 11.6 Å². The third-order valence-corrected chi connectivity index (χ3v) is 2.49. The minimum atomic E-state index is -0.545. The van der Waals surface area contributed by atoms with Crippen LogP contribution in [0.4, 0.5) is 10.5 Å². The highest BCUT2D eigenvalue weighted by atomic mass is 35.5. The summed E-state index contributed by atoms with van der Waals surface area (Å²) in [5.41, 5.74) is 5.42. The number of amides is 1. The molecule has 0 radical (unpaired) electrons. The van der Waals surface area contributed by atoms with Crippen LogP contribution in [-0.4, -0.2) is 24.8 Å². The Bertz CT molecular complexity index is 458. The number of carbonyl (C=O) groups excluding carboxylic acids is 1. The summed E-state index contributed by atoms with van der Waals surface area (Å²) in [4.78, 5) is 11.7. The molecule has 0 spiro atoms. The number of hydrogen-bond acceptors (Lipinski definition) is 4. The Kier molecular flexibility index (Phi) is 6.10. The van der Waals surface area contributed by atoms with E-state index in [0.29, 0.717) is 29.6 Å². The number of nitrogens with two attached hydrogens (primary N) is 1. The molecule has 0 atom stereocenters. The Hall–Kier alpha value is -1.46. The zero-order valence-corrected chi connectivity index (χ0v) is 12.8. The van der Waals surface area contributed by atoms with Crippen molar-refractivity contribution in [2.45, 2.75) is 32.8 Å². The fourth-order valence-electron chi connectivity index (χ4n) is 1.38. The average Bonchev–Trinajstić information content (AvgIpc) is 2.31. The SMILES string of the molecule is CC(C)(C)OC(=O)Nc1ccc(Cl)c(OCCCN)c1. The van der Waals surface area contributed by atoms with Gasteiger partial charge in [0.2, 0.25) is 0 Å². The molecule has 3 N–H and O–H groups in total. The molecule has 0 bridgehead atoms. The molecule has 0 aromatic heterocycles. The van der Waals surface area contributed by atoms with Gasteiger partial charge in [-0.3, -0.25) is 5.32 Å². The van der Waals surface area contributed by atoms with Crippen LogP contribution in [0.15, 0.2) is 18.2 Å². The summed E-state index contributed by atoms with van der Waals surface area (Å²) in [7, 11) is 0. The Morgan fingerprint density at radius 2 is 2.10 bits per heavy atom. The van der Waals surface area contributed by atoms with Gasteiger partial charge in [0.15, 0.2) is 0 Å². The molecule has 5 nitrogen and oxygen atoms in total. The van der Waals surface area contributed by atoms with Crippen LogP contribution in [-0.2, 0) is 4.74 Å². The van der Waals surface area contributed by atoms with Gasteiger partial charge in [-0.25, -0.2) is 4.79 Å². The minimum absolute atomic E-state index is 0.478. The highest BCUT2D eigenvalue weighted by molar-refractivity contribution is 6.32. The summed E-state index contributed by atoms with van der Waals surface area (Å²) in [5, 5.41) is 3.12. The van der Waals surface area contributed by atoms with Crippen LogP contribution in [0.1, 0.15) is 27.2 Å². The lowest BCUT2D eigenvalue weighted by atomic mass is 10.2. The molecule has 6 heteroatoms. The van der Waals surface area contributed by atoms with E-state index in [1.807, 2.05) is 0 Å². The zero-order chi connectivity index (χ0) is 15.2. The fourth-order valence-corrected chi connectivity index (χ4v) is 1.55. The topological polar surface area (TPSA) is 73.6 Å². The van der Waals surface area contributed by atoms with Crippen LogP contribution < -0.4 is 15.8 Å². The summed E-state index contributed by atoms with van der Waals surface area (Å²) in [6.07, 6.45) is 0.216. The van der Waals surface area contributed by atoms with E-state index < -0.39 is 11.7 Å². The maximum absolute atomic E-state index is 11.7. The van der Waals surface area contributed by atoms with E-state index in [1.165, 1.54) is 0 Å². The van der Waals surface area contributed by atoms with E-state index in [9.17, 15) is 4.79 Å². The number of rotatable bonds is 5. The lowest BCUT2D eigenvalue weighted by molar-refractivity contribution is 0.0636. The van der Waals surface area contributed by atoms with Gasteiger partial charge in [-0.2, -0.15) is 0 Å². The van der Waals surface area contributed by atoms with Crippen molar-refractivity contribution in [3.63, 3.8) is 0 Å². The van der Waals surface area contributed by atoms with Gasteiger partial charge in [-0.15, -0.1) is 0 Å². The van der Waals surface area contributed by atoms with Crippen molar-refractivity contribution in [1.82, 2.24) is 0 Å². The maximum Gasteiger partial charge on any atom is 0.412 e. The molecule has 0 aliphatic heterocycles. The standard InChI is InChI=1S/C14H21ClN2O3/c1-14(2,3)20-13(18)17-10-5-6-11(15)12(9-10)19-8-4-7-16/h5-6,9H,4,7-8,16H2,1-3H3,(H,17,18). The van der Waals surface area contributed by atoms with Crippen molar-refractivity contribution in [3.05, 3.63) is 23.2 Å². The summed E-state index contributed by atoms with van der Waals surface area (Å²) >= 11 is 6.02. The van der Waals surface area contributed by atoms with Gasteiger partial charge in [0, 0.05) is 11.8 Å². The quantitative estimate of drug-likeness (QED) is 0.817. The van der Waals surface area contributed by atoms with Gasteiger partial charge >= 0.3 is 6.09 Å². The maximum atomic E-state index is 11.7. The van der Waals surface area contributed by atoms with Crippen LogP contribution in [0.25, 0.3) is 0 Å². The molecule has 1 rings (SSSR count). The van der Waals surface area contributed by atoms with Crippen LogP contribution in [0.5, 0.6) is 5.75 Å². The zero-order valence-electron chi connectivity index (χ0n) is 12.0. The minimum Gasteiger partial charge on any atom is -0.492 e. The van der Waals surface area contributed by atoms with Gasteiger partial charge in [-0.05, 0) is 45.9 Å². The van der Waals surface area contributed by atoms with Gasteiger partial charge in [0.1, 0.15) is 11.4 Å². The van der Waals surface area contributed by atoms with Gasteiger partial charge in [0.05, 0.1) is 11.6 Å². The third-order valence-electron chi connectivity index (χ3n) is 2.18. The molecule has 0 saturated carbocycles. The van der Waals surface area contributed by atoms with E-state index >= 15 is 0 Å². The summed E-state index contributed by atoms with van der Waals surface area (Å²) in [6.45, 7) is 6.43.